The average molecular weight is 195 g/mol. The van der Waals surface area contributed by atoms with Gasteiger partial charge in [-0.2, -0.15) is 0 Å². The number of hydrogen-bond acceptors (Lipinski definition) is 1. The van der Waals surface area contributed by atoms with Gasteiger partial charge in [0.15, 0.2) is 0 Å². The van der Waals surface area contributed by atoms with E-state index in [1.54, 1.807) is 0 Å². The fraction of sp³-hybridized carbons (Fsp3) is 1.00. The zero-order valence-corrected chi connectivity index (χ0v) is 9.67. The van der Waals surface area contributed by atoms with Crippen LogP contribution in [0.2, 0.25) is 0 Å². The molecular formula is C13H25N. The molecule has 0 unspecified atom stereocenters. The van der Waals surface area contributed by atoms with E-state index in [-0.39, 0.29) is 0 Å². The number of nitrogens with zero attached hydrogens (tertiary/aromatic N) is 1. The van der Waals surface area contributed by atoms with Gasteiger partial charge < -0.3 is 4.90 Å². The normalized spacial score (nSPS) is 24.4. The molecule has 82 valence electrons. The molecule has 0 aliphatic heterocycles. The van der Waals surface area contributed by atoms with Gasteiger partial charge in [-0.25, -0.2) is 0 Å². The van der Waals surface area contributed by atoms with Crippen LogP contribution in [0.15, 0.2) is 0 Å². The van der Waals surface area contributed by atoms with Crippen LogP contribution in [0.5, 0.6) is 0 Å². The lowest BCUT2D eigenvalue weighted by molar-refractivity contribution is 0.150. The van der Waals surface area contributed by atoms with Gasteiger partial charge in [0.05, 0.1) is 0 Å². The van der Waals surface area contributed by atoms with Gasteiger partial charge in [-0.15, -0.1) is 0 Å². The minimum Gasteiger partial charge on any atom is -0.300 e. The van der Waals surface area contributed by atoms with E-state index >= 15 is 0 Å². The fourth-order valence-electron chi connectivity index (χ4n) is 2.79. The second-order valence-corrected chi connectivity index (χ2v) is 5.23. The Morgan fingerprint density at radius 3 is 2.29 bits per heavy atom. The molecule has 0 aromatic heterocycles. The predicted molar refractivity (Wildman–Crippen MR) is 61.5 cm³/mol. The van der Waals surface area contributed by atoms with Crippen LogP contribution in [-0.2, 0) is 0 Å². The van der Waals surface area contributed by atoms with Crippen LogP contribution in [0.4, 0.5) is 0 Å². The Hall–Kier alpha value is -0.0400. The Morgan fingerprint density at radius 1 is 1.00 bits per heavy atom. The van der Waals surface area contributed by atoms with E-state index in [0.29, 0.717) is 0 Å². The Balaban J connectivity index is 1.79. The molecule has 0 radical (unpaired) electrons. The predicted octanol–water partition coefficient (Wildman–Crippen LogP) is 3.44. The standard InChI is InChI=1S/C13H25N/c1-2-10-14(11-12-8-9-12)13-6-4-3-5-7-13/h12-13H,2-11H2,1H3. The smallest absolute Gasteiger partial charge is 0.00953 e. The van der Waals surface area contributed by atoms with Crippen LogP contribution in [0.3, 0.4) is 0 Å². The molecule has 0 saturated heterocycles. The molecule has 0 spiro atoms. The van der Waals surface area contributed by atoms with Crippen LogP contribution in [0, 0.1) is 5.92 Å². The maximum Gasteiger partial charge on any atom is 0.00953 e. The molecule has 0 bridgehead atoms. The second-order valence-electron chi connectivity index (χ2n) is 5.23. The minimum absolute atomic E-state index is 0.948. The van der Waals surface area contributed by atoms with Gasteiger partial charge in [0.2, 0.25) is 0 Å². The van der Waals surface area contributed by atoms with Crippen molar-refractivity contribution in [2.24, 2.45) is 5.92 Å². The SMILES string of the molecule is CCCN(CC1CC1)C1CCCCC1. The first-order valence-electron chi connectivity index (χ1n) is 6.64. The molecule has 2 fully saturated rings. The maximum absolute atomic E-state index is 2.80. The molecule has 1 heteroatoms. The van der Waals surface area contributed by atoms with Gasteiger partial charge in [0.1, 0.15) is 0 Å². The monoisotopic (exact) mass is 195 g/mol. The average Bonchev–Trinajstić information content (AvgIpc) is 3.03. The van der Waals surface area contributed by atoms with E-state index in [0.717, 1.165) is 12.0 Å². The minimum atomic E-state index is 0.948. The van der Waals surface area contributed by atoms with E-state index in [4.69, 9.17) is 0 Å². The largest absolute Gasteiger partial charge is 0.300 e. The molecule has 0 aromatic carbocycles. The Bertz CT molecular complexity index is 157. The highest BCUT2D eigenvalue weighted by Crippen LogP contribution is 2.32. The van der Waals surface area contributed by atoms with Gasteiger partial charge in [-0.1, -0.05) is 26.2 Å². The van der Waals surface area contributed by atoms with Crippen molar-refractivity contribution in [3.05, 3.63) is 0 Å². The van der Waals surface area contributed by atoms with Gasteiger partial charge >= 0.3 is 0 Å². The van der Waals surface area contributed by atoms with Crippen molar-refractivity contribution in [3.63, 3.8) is 0 Å². The van der Waals surface area contributed by atoms with E-state index in [9.17, 15) is 0 Å². The van der Waals surface area contributed by atoms with Crippen LogP contribution < -0.4 is 0 Å². The summed E-state index contributed by atoms with van der Waals surface area (Å²) in [4.78, 5) is 2.80. The fourth-order valence-corrected chi connectivity index (χ4v) is 2.79. The van der Waals surface area contributed by atoms with E-state index in [2.05, 4.69) is 11.8 Å². The van der Waals surface area contributed by atoms with E-state index < -0.39 is 0 Å². The van der Waals surface area contributed by atoms with Crippen LogP contribution in [-0.4, -0.2) is 24.0 Å². The van der Waals surface area contributed by atoms with Gasteiger partial charge in [0.25, 0.3) is 0 Å². The molecule has 0 heterocycles. The molecule has 2 rings (SSSR count). The lowest BCUT2D eigenvalue weighted by atomic mass is 9.94. The molecule has 2 aliphatic rings. The third-order valence-corrected chi connectivity index (χ3v) is 3.79. The Labute approximate surface area is 88.9 Å². The highest BCUT2D eigenvalue weighted by Gasteiger charge is 2.28. The van der Waals surface area contributed by atoms with Crippen molar-refractivity contribution >= 4 is 0 Å². The van der Waals surface area contributed by atoms with E-state index in [1.165, 1.54) is 64.5 Å². The molecule has 1 nitrogen and oxygen atoms in total. The van der Waals surface area contributed by atoms with Crippen LogP contribution in [0.25, 0.3) is 0 Å². The number of hydrogen-bond donors (Lipinski definition) is 0. The Morgan fingerprint density at radius 2 is 1.71 bits per heavy atom. The first kappa shape index (κ1) is 10.5. The van der Waals surface area contributed by atoms with Crippen molar-refractivity contribution in [2.45, 2.75) is 64.3 Å². The topological polar surface area (TPSA) is 3.24 Å². The summed E-state index contributed by atoms with van der Waals surface area (Å²) in [6.07, 6.45) is 11.8. The second kappa shape index (κ2) is 5.16. The highest BCUT2D eigenvalue weighted by molar-refractivity contribution is 4.82. The zero-order valence-electron chi connectivity index (χ0n) is 9.67. The van der Waals surface area contributed by atoms with Crippen molar-refractivity contribution in [1.29, 1.82) is 0 Å². The third-order valence-electron chi connectivity index (χ3n) is 3.79. The molecule has 14 heavy (non-hydrogen) atoms. The van der Waals surface area contributed by atoms with Gasteiger partial charge in [-0.05, 0) is 44.6 Å². The lowest BCUT2D eigenvalue weighted by Gasteiger charge is -2.34. The zero-order chi connectivity index (χ0) is 9.80. The highest BCUT2D eigenvalue weighted by atomic mass is 15.2. The molecule has 0 atom stereocenters. The molecule has 0 aromatic rings. The summed E-state index contributed by atoms with van der Waals surface area (Å²) in [6.45, 7) is 5.09. The van der Waals surface area contributed by atoms with Crippen molar-refractivity contribution in [2.75, 3.05) is 13.1 Å². The van der Waals surface area contributed by atoms with Crippen molar-refractivity contribution < 1.29 is 0 Å². The lowest BCUT2D eigenvalue weighted by Crippen LogP contribution is -2.38. The maximum atomic E-state index is 2.80. The molecule has 0 N–H and O–H groups in total. The summed E-state index contributed by atoms with van der Waals surface area (Å²) >= 11 is 0. The molecular weight excluding hydrogens is 170 g/mol. The van der Waals surface area contributed by atoms with Crippen LogP contribution >= 0.6 is 0 Å². The van der Waals surface area contributed by atoms with E-state index in [1.807, 2.05) is 0 Å². The molecule has 0 amide bonds. The molecule has 2 saturated carbocycles. The van der Waals surface area contributed by atoms with Crippen LogP contribution in [0.1, 0.15) is 58.3 Å². The first-order valence-corrected chi connectivity index (χ1v) is 6.64. The molecule has 2 aliphatic carbocycles. The van der Waals surface area contributed by atoms with Gasteiger partial charge in [-0.3, -0.25) is 0 Å². The summed E-state index contributed by atoms with van der Waals surface area (Å²) < 4.78 is 0. The van der Waals surface area contributed by atoms with Crippen molar-refractivity contribution in [3.8, 4) is 0 Å². The summed E-state index contributed by atoms with van der Waals surface area (Å²) in [5.74, 6) is 1.07. The summed E-state index contributed by atoms with van der Waals surface area (Å²) in [7, 11) is 0. The summed E-state index contributed by atoms with van der Waals surface area (Å²) in [5.41, 5.74) is 0. The number of rotatable bonds is 5. The Kier molecular flexibility index (Phi) is 3.86. The van der Waals surface area contributed by atoms with Crippen molar-refractivity contribution in [1.82, 2.24) is 4.90 Å². The van der Waals surface area contributed by atoms with Gasteiger partial charge in [0, 0.05) is 12.6 Å². The third kappa shape index (κ3) is 2.98. The first-order chi connectivity index (χ1) is 6.90. The summed E-state index contributed by atoms with van der Waals surface area (Å²) in [6, 6.07) is 0.948. The summed E-state index contributed by atoms with van der Waals surface area (Å²) in [5, 5.41) is 0. The quantitative estimate of drug-likeness (QED) is 0.649.